The maximum atomic E-state index is 12.6. The normalized spacial score (nSPS) is 13.1. The minimum Gasteiger partial charge on any atom is -0.484 e. The molecule has 0 radical (unpaired) electrons. The number of rotatable bonds is 7. The van der Waals surface area contributed by atoms with Gasteiger partial charge in [-0.2, -0.15) is 0 Å². The number of hydrogen-bond donors (Lipinski definition) is 1. The molecule has 32 heavy (non-hydrogen) atoms. The van der Waals surface area contributed by atoms with Crippen molar-refractivity contribution in [2.24, 2.45) is 0 Å². The van der Waals surface area contributed by atoms with Gasteiger partial charge in [0.05, 0.1) is 0 Å². The van der Waals surface area contributed by atoms with E-state index >= 15 is 0 Å². The van der Waals surface area contributed by atoms with Crippen molar-refractivity contribution >= 4 is 29.2 Å². The van der Waals surface area contributed by atoms with Crippen molar-refractivity contribution in [1.82, 2.24) is 15.2 Å². The predicted octanol–water partition coefficient (Wildman–Crippen LogP) is 3.74. The van der Waals surface area contributed by atoms with E-state index in [1.165, 1.54) is 5.56 Å². The molecule has 0 bridgehead atoms. The molecule has 0 atom stereocenters. The summed E-state index contributed by atoms with van der Waals surface area (Å²) < 4.78 is 5.61. The Morgan fingerprint density at radius 3 is 2.84 bits per heavy atom. The third-order valence-corrected chi connectivity index (χ3v) is 6.27. The molecule has 7 heteroatoms. The van der Waals surface area contributed by atoms with Gasteiger partial charge in [-0.3, -0.25) is 14.6 Å². The smallest absolute Gasteiger partial charge is 0.260 e. The molecule has 164 valence electrons. The third kappa shape index (κ3) is 5.42. The number of nitrogens with one attached hydrogen (secondary N) is 1. The van der Waals surface area contributed by atoms with Crippen molar-refractivity contribution in [3.63, 3.8) is 0 Å². The van der Waals surface area contributed by atoms with E-state index in [9.17, 15) is 9.59 Å². The van der Waals surface area contributed by atoms with E-state index in [0.717, 1.165) is 28.1 Å². The fourth-order valence-electron chi connectivity index (χ4n) is 3.70. The van der Waals surface area contributed by atoms with Gasteiger partial charge >= 0.3 is 0 Å². The number of aromatic nitrogens is 1. The molecule has 2 aromatic heterocycles. The minimum atomic E-state index is -0.138. The molecule has 3 heterocycles. The van der Waals surface area contributed by atoms with Gasteiger partial charge in [0.1, 0.15) is 5.75 Å². The minimum absolute atomic E-state index is 0.0120. The number of thiophene rings is 1. The number of amides is 2. The lowest BCUT2D eigenvalue weighted by Crippen LogP contribution is -2.39. The molecule has 0 unspecified atom stereocenters. The maximum Gasteiger partial charge on any atom is 0.260 e. The highest BCUT2D eigenvalue weighted by atomic mass is 32.1. The number of para-hydroxylation sites is 1. The van der Waals surface area contributed by atoms with Gasteiger partial charge in [0.25, 0.3) is 5.91 Å². The Morgan fingerprint density at radius 2 is 2.06 bits per heavy atom. The molecule has 0 saturated heterocycles. The van der Waals surface area contributed by atoms with Crippen LogP contribution in [0.15, 0.2) is 60.1 Å². The first-order valence-electron chi connectivity index (χ1n) is 10.5. The van der Waals surface area contributed by atoms with Crippen molar-refractivity contribution in [3.05, 3.63) is 87.4 Å². The van der Waals surface area contributed by atoms with Crippen LogP contribution < -0.4 is 10.1 Å². The number of fused-ring (bicyclic) bond motifs is 1. The second-order valence-electron chi connectivity index (χ2n) is 7.56. The summed E-state index contributed by atoms with van der Waals surface area (Å²) in [6.45, 7) is 3.50. The van der Waals surface area contributed by atoms with Gasteiger partial charge in [-0.15, -0.1) is 11.3 Å². The van der Waals surface area contributed by atoms with Crippen molar-refractivity contribution in [2.45, 2.75) is 26.4 Å². The Balaban J connectivity index is 1.37. The largest absolute Gasteiger partial charge is 0.484 e. The number of aryl methyl sites for hydroxylation is 1. The van der Waals surface area contributed by atoms with Crippen LogP contribution in [0.2, 0.25) is 0 Å². The molecule has 0 aliphatic carbocycles. The first-order chi connectivity index (χ1) is 15.6. The molecular weight excluding hydrogens is 422 g/mol. The number of carbonyl (C=O) groups is 2. The van der Waals surface area contributed by atoms with Gasteiger partial charge < -0.3 is 15.0 Å². The average molecular weight is 448 g/mol. The van der Waals surface area contributed by atoms with Crippen LogP contribution in [0.5, 0.6) is 5.75 Å². The Bertz CT molecular complexity index is 1110. The van der Waals surface area contributed by atoms with Gasteiger partial charge in [-0.05, 0) is 59.7 Å². The van der Waals surface area contributed by atoms with Gasteiger partial charge in [0.2, 0.25) is 5.91 Å². The number of hydrogen-bond acceptors (Lipinski definition) is 5. The number of ether oxygens (including phenoxy) is 1. The van der Waals surface area contributed by atoms with Crippen molar-refractivity contribution in [3.8, 4) is 5.75 Å². The van der Waals surface area contributed by atoms with E-state index in [2.05, 4.69) is 10.3 Å². The summed E-state index contributed by atoms with van der Waals surface area (Å²) in [5, 5.41) is 4.94. The maximum absolute atomic E-state index is 12.6. The number of benzene rings is 1. The molecule has 1 aliphatic rings. The summed E-state index contributed by atoms with van der Waals surface area (Å²) in [5.41, 5.74) is 4.13. The van der Waals surface area contributed by atoms with Gasteiger partial charge in [0.15, 0.2) is 6.61 Å². The summed E-state index contributed by atoms with van der Waals surface area (Å²) in [5.74, 6) is 0.497. The summed E-state index contributed by atoms with van der Waals surface area (Å²) in [4.78, 5) is 32.2. The molecule has 0 saturated carbocycles. The number of nitrogens with zero attached hydrogens (tertiary/aromatic N) is 2. The second kappa shape index (κ2) is 10.2. The highest BCUT2D eigenvalue weighted by Gasteiger charge is 2.24. The Kier molecular flexibility index (Phi) is 6.97. The quantitative estimate of drug-likeness (QED) is 0.560. The van der Waals surface area contributed by atoms with E-state index in [0.29, 0.717) is 25.4 Å². The van der Waals surface area contributed by atoms with Crippen molar-refractivity contribution in [1.29, 1.82) is 0 Å². The highest BCUT2D eigenvalue weighted by molar-refractivity contribution is 7.10. The summed E-state index contributed by atoms with van der Waals surface area (Å²) in [6, 6.07) is 13.3. The molecular formula is C25H25N3O3S. The fraction of sp³-hybridized carbons (Fsp3) is 0.240. The Labute approximate surface area is 191 Å². The molecule has 0 fully saturated rings. The predicted molar refractivity (Wildman–Crippen MR) is 125 cm³/mol. The Morgan fingerprint density at radius 1 is 1.22 bits per heavy atom. The van der Waals surface area contributed by atoms with Crippen LogP contribution >= 0.6 is 11.3 Å². The van der Waals surface area contributed by atoms with Crippen LogP contribution in [0, 0.1) is 6.92 Å². The molecule has 1 N–H and O–H groups in total. The second-order valence-corrected chi connectivity index (χ2v) is 8.54. The van der Waals surface area contributed by atoms with Crippen molar-refractivity contribution in [2.75, 3.05) is 13.2 Å². The SMILES string of the molecule is Cc1ncc2c(c1CNC(=O)C=Cc1cccs1)CCN(C(=O)COc1ccccc1)C2. The standard InChI is InChI=1S/C25H25N3O3S/c1-18-23(15-27-24(29)10-9-21-8-5-13-32-21)22-11-12-28(16-19(22)14-26-18)25(30)17-31-20-6-3-2-4-7-20/h2-10,13-14H,11-12,15-17H2,1H3,(H,27,29). The van der Waals surface area contributed by atoms with Crippen LogP contribution in [0.4, 0.5) is 0 Å². The third-order valence-electron chi connectivity index (χ3n) is 5.44. The number of carbonyl (C=O) groups excluding carboxylic acids is 2. The van der Waals surface area contributed by atoms with E-state index < -0.39 is 0 Å². The van der Waals surface area contributed by atoms with Crippen molar-refractivity contribution < 1.29 is 14.3 Å². The molecule has 1 aromatic carbocycles. The van der Waals surface area contributed by atoms with Gasteiger partial charge in [-0.1, -0.05) is 24.3 Å². The lowest BCUT2D eigenvalue weighted by molar-refractivity contribution is -0.134. The lowest BCUT2D eigenvalue weighted by Gasteiger charge is -2.30. The molecule has 3 aromatic rings. The molecule has 2 amide bonds. The zero-order chi connectivity index (χ0) is 22.3. The summed E-state index contributed by atoms with van der Waals surface area (Å²) in [6.07, 6.45) is 5.93. The highest BCUT2D eigenvalue weighted by Crippen LogP contribution is 2.24. The molecule has 0 spiro atoms. The summed E-state index contributed by atoms with van der Waals surface area (Å²) >= 11 is 1.59. The van der Waals surface area contributed by atoms with Crippen LogP contribution in [-0.2, 0) is 29.1 Å². The first-order valence-corrected chi connectivity index (χ1v) is 11.4. The van der Waals surface area contributed by atoms with E-state index in [1.54, 1.807) is 22.3 Å². The first kappa shape index (κ1) is 21.8. The lowest BCUT2D eigenvalue weighted by atomic mass is 9.95. The van der Waals surface area contributed by atoms with E-state index in [1.807, 2.05) is 67.0 Å². The van der Waals surface area contributed by atoms with Gasteiger partial charge in [0, 0.05) is 42.5 Å². The fourth-order valence-corrected chi connectivity index (χ4v) is 4.32. The Hall–Kier alpha value is -3.45. The van der Waals surface area contributed by atoms with Crippen LogP contribution in [0.1, 0.15) is 27.3 Å². The van der Waals surface area contributed by atoms with E-state index in [-0.39, 0.29) is 18.4 Å². The van der Waals surface area contributed by atoms with Crippen LogP contribution in [-0.4, -0.2) is 34.8 Å². The van der Waals surface area contributed by atoms with Crippen LogP contribution in [0.3, 0.4) is 0 Å². The zero-order valence-electron chi connectivity index (χ0n) is 17.9. The summed E-state index contributed by atoms with van der Waals surface area (Å²) in [7, 11) is 0. The molecule has 6 nitrogen and oxygen atoms in total. The number of pyridine rings is 1. The van der Waals surface area contributed by atoms with Crippen LogP contribution in [0.25, 0.3) is 6.08 Å². The molecule has 1 aliphatic heterocycles. The monoisotopic (exact) mass is 447 g/mol. The van der Waals surface area contributed by atoms with E-state index in [4.69, 9.17) is 4.74 Å². The topological polar surface area (TPSA) is 71.5 Å². The van der Waals surface area contributed by atoms with Gasteiger partial charge in [-0.25, -0.2) is 0 Å². The molecule has 4 rings (SSSR count). The average Bonchev–Trinajstić information content (AvgIpc) is 3.34. The zero-order valence-corrected chi connectivity index (χ0v) is 18.7.